The van der Waals surface area contributed by atoms with Gasteiger partial charge in [0.15, 0.2) is 0 Å². The Kier molecular flexibility index (Phi) is 4.96. The van der Waals surface area contributed by atoms with Gasteiger partial charge in [0.25, 0.3) is 0 Å². The molecule has 0 fully saturated rings. The minimum absolute atomic E-state index is 0.0838. The van der Waals surface area contributed by atoms with Crippen molar-refractivity contribution in [3.8, 4) is 11.5 Å². The number of phenolic OH excluding ortho intramolecular Hbond substituents is 2. The van der Waals surface area contributed by atoms with Crippen molar-refractivity contribution in [2.75, 3.05) is 0 Å². The number of aryl methyl sites for hydroxylation is 2. The maximum Gasteiger partial charge on any atom is 0.119 e. The summed E-state index contributed by atoms with van der Waals surface area (Å²) in [6, 6.07) is 7.48. The Morgan fingerprint density at radius 2 is 0.960 bits per heavy atom. The molecule has 0 heterocycles. The largest absolute Gasteiger partial charge is 0.508 e. The van der Waals surface area contributed by atoms with Gasteiger partial charge in [-0.15, -0.1) is 0 Å². The van der Waals surface area contributed by atoms with E-state index in [-0.39, 0.29) is 10.8 Å². The monoisotopic (exact) mass is 340 g/mol. The van der Waals surface area contributed by atoms with Crippen LogP contribution in [0.3, 0.4) is 0 Å². The second-order valence-electron chi connectivity index (χ2n) is 9.19. The van der Waals surface area contributed by atoms with Gasteiger partial charge in [0.05, 0.1) is 0 Å². The molecule has 0 aliphatic rings. The van der Waals surface area contributed by atoms with Gasteiger partial charge in [-0.3, -0.25) is 0 Å². The van der Waals surface area contributed by atoms with Crippen molar-refractivity contribution < 1.29 is 10.2 Å². The molecule has 2 heteroatoms. The Balaban J connectivity index is 2.75. The van der Waals surface area contributed by atoms with Crippen LogP contribution in [0.25, 0.3) is 0 Å². The zero-order valence-corrected chi connectivity index (χ0v) is 16.9. The molecule has 136 valence electrons. The third-order valence-corrected chi connectivity index (χ3v) is 4.85. The van der Waals surface area contributed by atoms with Crippen molar-refractivity contribution in [3.63, 3.8) is 0 Å². The van der Waals surface area contributed by atoms with Crippen LogP contribution in [0.5, 0.6) is 11.5 Å². The molecular weight excluding hydrogens is 308 g/mol. The van der Waals surface area contributed by atoms with Crippen LogP contribution in [0.2, 0.25) is 0 Å². The Morgan fingerprint density at radius 1 is 0.640 bits per heavy atom. The summed E-state index contributed by atoms with van der Waals surface area (Å²) in [5, 5.41) is 21.2. The number of rotatable bonds is 2. The van der Waals surface area contributed by atoms with Crippen LogP contribution < -0.4 is 0 Å². The molecule has 0 saturated carbocycles. The average Bonchev–Trinajstić information content (AvgIpc) is 2.43. The lowest BCUT2D eigenvalue weighted by molar-refractivity contribution is 0.454. The molecule has 0 aromatic heterocycles. The first-order valence-corrected chi connectivity index (χ1v) is 8.98. The van der Waals surface area contributed by atoms with Crippen LogP contribution in [-0.2, 0) is 17.3 Å². The van der Waals surface area contributed by atoms with Crippen molar-refractivity contribution in [1.82, 2.24) is 0 Å². The summed E-state index contributed by atoms with van der Waals surface area (Å²) >= 11 is 0. The smallest absolute Gasteiger partial charge is 0.119 e. The lowest BCUT2D eigenvalue weighted by Crippen LogP contribution is -2.19. The third kappa shape index (κ3) is 3.84. The lowest BCUT2D eigenvalue weighted by Gasteiger charge is -2.29. The van der Waals surface area contributed by atoms with Gasteiger partial charge in [-0.25, -0.2) is 0 Å². The van der Waals surface area contributed by atoms with Crippen molar-refractivity contribution >= 4 is 0 Å². The summed E-state index contributed by atoms with van der Waals surface area (Å²) in [5.41, 5.74) is 6.33. The van der Waals surface area contributed by atoms with Gasteiger partial charge in [0.2, 0.25) is 0 Å². The molecule has 2 nitrogen and oxygen atoms in total. The molecule has 2 aromatic rings. The molecule has 0 aliphatic carbocycles. The number of phenols is 2. The van der Waals surface area contributed by atoms with E-state index in [0.29, 0.717) is 17.9 Å². The van der Waals surface area contributed by atoms with Gasteiger partial charge in [0, 0.05) is 17.5 Å². The predicted octanol–water partition coefficient (Wildman–Crippen LogP) is 5.90. The molecule has 2 rings (SSSR count). The highest BCUT2D eigenvalue weighted by Gasteiger charge is 2.27. The van der Waals surface area contributed by atoms with Crippen LogP contribution in [0.15, 0.2) is 24.3 Å². The fraction of sp³-hybridized carbons (Fsp3) is 0.478. The molecule has 0 aliphatic heterocycles. The zero-order valence-electron chi connectivity index (χ0n) is 16.9. The zero-order chi connectivity index (χ0) is 19.2. The molecule has 2 aromatic carbocycles. The van der Waals surface area contributed by atoms with Gasteiger partial charge in [0.1, 0.15) is 11.5 Å². The van der Waals surface area contributed by atoms with Crippen molar-refractivity contribution in [2.45, 2.75) is 72.6 Å². The standard InChI is InChI=1S/C23H32O2/c1-14-9-11-18(24)16(20(14)22(3,4)5)13-17-19(25)12-10-15(2)21(17)23(6,7)8/h9-12,24-25H,13H2,1-8H3. The fourth-order valence-electron chi connectivity index (χ4n) is 4.13. The maximum atomic E-state index is 10.6. The highest BCUT2D eigenvalue weighted by molar-refractivity contribution is 5.55. The Bertz CT molecular complexity index is 720. The quantitative estimate of drug-likeness (QED) is 0.714. The first kappa shape index (κ1) is 19.4. The van der Waals surface area contributed by atoms with Gasteiger partial charge in [-0.1, -0.05) is 53.7 Å². The fourth-order valence-corrected chi connectivity index (χ4v) is 4.13. The summed E-state index contributed by atoms with van der Waals surface area (Å²) in [4.78, 5) is 0. The van der Waals surface area contributed by atoms with Gasteiger partial charge in [-0.05, 0) is 59.1 Å². The molecular formula is C23H32O2. The minimum Gasteiger partial charge on any atom is -0.508 e. The summed E-state index contributed by atoms with van der Waals surface area (Å²) in [7, 11) is 0. The van der Waals surface area contributed by atoms with E-state index in [1.165, 1.54) is 11.1 Å². The first-order chi connectivity index (χ1) is 11.3. The van der Waals surface area contributed by atoms with Crippen molar-refractivity contribution in [2.24, 2.45) is 0 Å². The Hall–Kier alpha value is -1.96. The van der Waals surface area contributed by atoms with Gasteiger partial charge < -0.3 is 10.2 Å². The number of hydrogen-bond donors (Lipinski definition) is 2. The van der Waals surface area contributed by atoms with Gasteiger partial charge in [-0.2, -0.15) is 0 Å². The lowest BCUT2D eigenvalue weighted by atomic mass is 9.76. The van der Waals surface area contributed by atoms with E-state index < -0.39 is 0 Å². The highest BCUT2D eigenvalue weighted by atomic mass is 16.3. The summed E-state index contributed by atoms with van der Waals surface area (Å²) in [5.74, 6) is 0.604. The summed E-state index contributed by atoms with van der Waals surface area (Å²) in [6.45, 7) is 17.2. The van der Waals surface area contributed by atoms with E-state index in [2.05, 4.69) is 55.4 Å². The van der Waals surface area contributed by atoms with Crippen LogP contribution in [0.4, 0.5) is 0 Å². The SMILES string of the molecule is Cc1ccc(O)c(Cc2c(O)ccc(C)c2C(C)(C)C)c1C(C)(C)C. The van der Waals surface area contributed by atoms with Crippen LogP contribution in [0.1, 0.15) is 74.9 Å². The summed E-state index contributed by atoms with van der Waals surface area (Å²) < 4.78 is 0. The maximum absolute atomic E-state index is 10.6. The topological polar surface area (TPSA) is 40.5 Å². The number of benzene rings is 2. The van der Waals surface area contributed by atoms with Crippen molar-refractivity contribution in [3.05, 3.63) is 57.6 Å². The minimum atomic E-state index is -0.0838. The van der Waals surface area contributed by atoms with Gasteiger partial charge >= 0.3 is 0 Å². The molecule has 0 bridgehead atoms. The van der Waals surface area contributed by atoms with E-state index in [9.17, 15) is 10.2 Å². The Morgan fingerprint density at radius 3 is 1.24 bits per heavy atom. The van der Waals surface area contributed by atoms with Crippen LogP contribution in [-0.4, -0.2) is 10.2 Å². The second-order valence-corrected chi connectivity index (χ2v) is 9.19. The Labute approximate surface area is 152 Å². The number of hydrogen-bond acceptors (Lipinski definition) is 2. The molecule has 0 amide bonds. The number of aromatic hydroxyl groups is 2. The molecule has 25 heavy (non-hydrogen) atoms. The average molecular weight is 341 g/mol. The first-order valence-electron chi connectivity index (χ1n) is 8.98. The second kappa shape index (κ2) is 6.40. The normalized spacial score (nSPS) is 12.5. The van der Waals surface area contributed by atoms with E-state index in [0.717, 1.165) is 22.3 Å². The van der Waals surface area contributed by atoms with Crippen LogP contribution >= 0.6 is 0 Å². The molecule has 0 spiro atoms. The van der Waals surface area contributed by atoms with E-state index in [1.807, 2.05) is 12.1 Å². The third-order valence-electron chi connectivity index (χ3n) is 4.85. The highest BCUT2D eigenvalue weighted by Crippen LogP contribution is 2.40. The molecule has 2 N–H and O–H groups in total. The molecule has 0 atom stereocenters. The molecule has 0 unspecified atom stereocenters. The van der Waals surface area contributed by atoms with E-state index >= 15 is 0 Å². The summed E-state index contributed by atoms with van der Waals surface area (Å²) in [6.07, 6.45) is 0.528. The van der Waals surface area contributed by atoms with Crippen LogP contribution in [0, 0.1) is 13.8 Å². The van der Waals surface area contributed by atoms with E-state index in [4.69, 9.17) is 0 Å². The van der Waals surface area contributed by atoms with Crippen molar-refractivity contribution in [1.29, 1.82) is 0 Å². The predicted molar refractivity (Wildman–Crippen MR) is 106 cm³/mol. The molecule has 0 saturated heterocycles. The molecule has 0 radical (unpaired) electrons. The van der Waals surface area contributed by atoms with E-state index in [1.54, 1.807) is 12.1 Å².